The molecule has 3 aliphatic rings. The van der Waals surface area contributed by atoms with Crippen LogP contribution in [-0.4, -0.2) is 49.3 Å². The minimum absolute atomic E-state index is 0.0185. The van der Waals surface area contributed by atoms with Crippen molar-refractivity contribution in [1.29, 1.82) is 0 Å². The van der Waals surface area contributed by atoms with Crippen molar-refractivity contribution in [2.75, 3.05) is 14.2 Å². The highest BCUT2D eigenvalue weighted by Gasteiger charge is 2.61. The van der Waals surface area contributed by atoms with Crippen LogP contribution in [0.4, 0.5) is 0 Å². The normalized spacial score (nSPS) is 51.0. The van der Waals surface area contributed by atoms with Gasteiger partial charge in [-0.15, -0.1) is 0 Å². The van der Waals surface area contributed by atoms with E-state index in [4.69, 9.17) is 9.47 Å². The number of ether oxygens (including phenoxy) is 2. The Bertz CT molecular complexity index is 281. The average molecular weight is 197 g/mol. The zero-order valence-electron chi connectivity index (χ0n) is 8.47. The summed E-state index contributed by atoms with van der Waals surface area (Å²) >= 11 is 0. The number of hydrogen-bond donors (Lipinski definition) is 0. The highest BCUT2D eigenvalue weighted by molar-refractivity contribution is 5.71. The van der Waals surface area contributed by atoms with Gasteiger partial charge in [0.2, 0.25) is 0 Å². The van der Waals surface area contributed by atoms with E-state index in [1.807, 2.05) is 0 Å². The van der Waals surface area contributed by atoms with Crippen LogP contribution in [0.3, 0.4) is 0 Å². The average Bonchev–Trinajstić information content (AvgIpc) is 2.56. The van der Waals surface area contributed by atoms with E-state index in [0.717, 1.165) is 6.42 Å². The van der Waals surface area contributed by atoms with Crippen LogP contribution in [0.2, 0.25) is 0 Å². The standard InChI is InChI=1S/C10H15NO3/c1-11-6-3-5-4-7(12)14-10(8(5)11)9(6)13-2/h5-6,8-10H,3-4H2,1-2H3. The molecular weight excluding hydrogens is 182 g/mol. The lowest BCUT2D eigenvalue weighted by Gasteiger charge is -2.36. The van der Waals surface area contributed by atoms with Crippen LogP contribution >= 0.6 is 0 Å². The Balaban J connectivity index is 1.93. The summed E-state index contributed by atoms with van der Waals surface area (Å²) in [4.78, 5) is 13.6. The summed E-state index contributed by atoms with van der Waals surface area (Å²) in [5.74, 6) is 0.453. The molecule has 3 saturated heterocycles. The first-order valence-electron chi connectivity index (χ1n) is 5.16. The van der Waals surface area contributed by atoms with Gasteiger partial charge in [0.15, 0.2) is 0 Å². The van der Waals surface area contributed by atoms with Crippen LogP contribution in [-0.2, 0) is 14.3 Å². The molecule has 3 rings (SSSR count). The van der Waals surface area contributed by atoms with E-state index in [0.29, 0.717) is 24.4 Å². The largest absolute Gasteiger partial charge is 0.458 e. The Labute approximate surface area is 83.2 Å². The van der Waals surface area contributed by atoms with Crippen LogP contribution in [0.15, 0.2) is 0 Å². The third kappa shape index (κ3) is 0.880. The Morgan fingerprint density at radius 3 is 3.07 bits per heavy atom. The van der Waals surface area contributed by atoms with Crippen molar-refractivity contribution in [1.82, 2.24) is 4.90 Å². The maximum absolute atomic E-state index is 11.3. The third-order valence-corrected chi connectivity index (χ3v) is 4.03. The van der Waals surface area contributed by atoms with Gasteiger partial charge in [-0.05, 0) is 19.4 Å². The number of carbonyl (C=O) groups excluding carboxylic acids is 1. The lowest BCUT2D eigenvalue weighted by atomic mass is 9.81. The first kappa shape index (κ1) is 8.68. The maximum atomic E-state index is 11.3. The highest BCUT2D eigenvalue weighted by atomic mass is 16.6. The predicted molar refractivity (Wildman–Crippen MR) is 48.7 cm³/mol. The number of carbonyl (C=O) groups is 1. The molecule has 0 amide bonds. The summed E-state index contributed by atoms with van der Waals surface area (Å²) in [7, 11) is 3.82. The number of likely N-dealkylation sites (N-methyl/N-ethyl adjacent to an activating group) is 1. The first-order chi connectivity index (χ1) is 6.72. The molecule has 2 bridgehead atoms. The van der Waals surface area contributed by atoms with Gasteiger partial charge in [-0.2, -0.15) is 0 Å². The fourth-order valence-electron chi connectivity index (χ4n) is 3.49. The van der Waals surface area contributed by atoms with Crippen molar-refractivity contribution in [3.63, 3.8) is 0 Å². The summed E-state index contributed by atoms with van der Waals surface area (Å²) in [6, 6.07) is 0.857. The molecule has 4 nitrogen and oxygen atoms in total. The molecule has 0 aliphatic carbocycles. The molecule has 0 aromatic heterocycles. The molecule has 0 saturated carbocycles. The Morgan fingerprint density at radius 1 is 1.57 bits per heavy atom. The van der Waals surface area contributed by atoms with Crippen LogP contribution in [0.25, 0.3) is 0 Å². The van der Waals surface area contributed by atoms with Gasteiger partial charge in [0.1, 0.15) is 12.2 Å². The van der Waals surface area contributed by atoms with Crippen molar-refractivity contribution < 1.29 is 14.3 Å². The topological polar surface area (TPSA) is 38.8 Å². The molecule has 3 fully saturated rings. The Kier molecular flexibility index (Phi) is 1.67. The first-order valence-corrected chi connectivity index (χ1v) is 5.16. The molecule has 14 heavy (non-hydrogen) atoms. The van der Waals surface area contributed by atoms with E-state index in [9.17, 15) is 4.79 Å². The lowest BCUT2D eigenvalue weighted by Crippen LogP contribution is -2.49. The molecular formula is C10H15NO3. The number of esters is 1. The van der Waals surface area contributed by atoms with Gasteiger partial charge in [0.05, 0.1) is 12.5 Å². The molecule has 0 aromatic rings. The summed E-state index contributed by atoms with van der Waals surface area (Å²) in [6.45, 7) is 0. The number of hydrogen-bond acceptors (Lipinski definition) is 4. The van der Waals surface area contributed by atoms with E-state index >= 15 is 0 Å². The van der Waals surface area contributed by atoms with Crippen molar-refractivity contribution in [2.24, 2.45) is 5.92 Å². The molecule has 5 atom stereocenters. The van der Waals surface area contributed by atoms with Crippen molar-refractivity contribution >= 4 is 5.97 Å². The van der Waals surface area contributed by atoms with Gasteiger partial charge in [-0.3, -0.25) is 9.69 Å². The lowest BCUT2D eigenvalue weighted by molar-refractivity contribution is -0.168. The quantitative estimate of drug-likeness (QED) is 0.555. The van der Waals surface area contributed by atoms with Gasteiger partial charge >= 0.3 is 5.97 Å². The zero-order valence-corrected chi connectivity index (χ0v) is 8.47. The van der Waals surface area contributed by atoms with Crippen LogP contribution < -0.4 is 0 Å². The summed E-state index contributed by atoms with van der Waals surface area (Å²) in [5.41, 5.74) is 0. The van der Waals surface area contributed by atoms with E-state index in [-0.39, 0.29) is 18.2 Å². The predicted octanol–water partition coefficient (Wildman–Crippen LogP) is 0.0194. The zero-order chi connectivity index (χ0) is 9.87. The second-order valence-corrected chi connectivity index (χ2v) is 4.58. The van der Waals surface area contributed by atoms with Crippen LogP contribution in [0.1, 0.15) is 12.8 Å². The minimum atomic E-state index is -0.0490. The van der Waals surface area contributed by atoms with Crippen LogP contribution in [0.5, 0.6) is 0 Å². The van der Waals surface area contributed by atoms with Gasteiger partial charge in [0, 0.05) is 13.2 Å². The van der Waals surface area contributed by atoms with Gasteiger partial charge < -0.3 is 9.47 Å². The SMILES string of the molecule is COC1C2OC(=O)CC3CC1N(C)C32. The fraction of sp³-hybridized carbons (Fsp3) is 0.900. The molecule has 0 N–H and O–H groups in total. The van der Waals surface area contributed by atoms with Gasteiger partial charge in [-0.25, -0.2) is 0 Å². The number of rotatable bonds is 1. The highest BCUT2D eigenvalue weighted by Crippen LogP contribution is 2.47. The molecule has 0 radical (unpaired) electrons. The number of methoxy groups -OCH3 is 1. The molecule has 3 aliphatic heterocycles. The maximum Gasteiger partial charge on any atom is 0.306 e. The second-order valence-electron chi connectivity index (χ2n) is 4.58. The number of fused-ring (bicyclic) bond motifs is 1. The van der Waals surface area contributed by atoms with Gasteiger partial charge in [-0.1, -0.05) is 0 Å². The molecule has 0 spiro atoms. The van der Waals surface area contributed by atoms with Crippen LogP contribution in [0, 0.1) is 5.92 Å². The summed E-state index contributed by atoms with van der Waals surface area (Å²) in [6.07, 6.45) is 1.75. The monoisotopic (exact) mass is 197 g/mol. The summed E-state index contributed by atoms with van der Waals surface area (Å²) in [5, 5.41) is 0. The van der Waals surface area contributed by atoms with Gasteiger partial charge in [0.25, 0.3) is 0 Å². The molecule has 5 unspecified atom stereocenters. The molecule has 4 heteroatoms. The smallest absolute Gasteiger partial charge is 0.306 e. The van der Waals surface area contributed by atoms with E-state index in [2.05, 4.69) is 11.9 Å². The Hall–Kier alpha value is -0.610. The minimum Gasteiger partial charge on any atom is -0.458 e. The van der Waals surface area contributed by atoms with E-state index < -0.39 is 0 Å². The van der Waals surface area contributed by atoms with E-state index in [1.54, 1.807) is 7.11 Å². The molecule has 0 aromatic carbocycles. The van der Waals surface area contributed by atoms with E-state index in [1.165, 1.54) is 0 Å². The molecule has 3 heterocycles. The Morgan fingerprint density at radius 2 is 2.36 bits per heavy atom. The van der Waals surface area contributed by atoms with Crippen molar-refractivity contribution in [2.45, 2.75) is 37.1 Å². The van der Waals surface area contributed by atoms with Crippen molar-refractivity contribution in [3.8, 4) is 0 Å². The molecule has 78 valence electrons. The second kappa shape index (κ2) is 2.70. The van der Waals surface area contributed by atoms with Crippen molar-refractivity contribution in [3.05, 3.63) is 0 Å². The summed E-state index contributed by atoms with van der Waals surface area (Å²) < 4.78 is 10.8. The fourth-order valence-corrected chi connectivity index (χ4v) is 3.49. The third-order valence-electron chi connectivity index (χ3n) is 4.03. The number of nitrogens with zero attached hydrogens (tertiary/aromatic N) is 1.